The smallest absolute Gasteiger partial charge is 0.254 e. The highest BCUT2D eigenvalue weighted by molar-refractivity contribution is 5.94. The maximum Gasteiger partial charge on any atom is 0.254 e. The first-order valence-electron chi connectivity index (χ1n) is 9.21. The highest BCUT2D eigenvalue weighted by Crippen LogP contribution is 2.30. The first-order chi connectivity index (χ1) is 13.1. The molecule has 1 aliphatic rings. The average Bonchev–Trinajstić information content (AvgIpc) is 3.30. The number of nitrogens with zero attached hydrogens (tertiary/aromatic N) is 3. The Kier molecular flexibility index (Phi) is 4.58. The molecule has 27 heavy (non-hydrogen) atoms. The minimum absolute atomic E-state index is 0.0207. The number of amides is 1. The molecule has 3 heterocycles. The first-order valence-corrected chi connectivity index (χ1v) is 9.21. The van der Waals surface area contributed by atoms with Crippen molar-refractivity contribution in [2.45, 2.75) is 20.0 Å². The summed E-state index contributed by atoms with van der Waals surface area (Å²) in [6, 6.07) is 13.2. The highest BCUT2D eigenvalue weighted by Gasteiger charge is 2.35. The molecule has 0 radical (unpaired) electrons. The number of fused-ring (bicyclic) bond motifs is 1. The van der Waals surface area contributed by atoms with Crippen LogP contribution in [0.2, 0.25) is 0 Å². The summed E-state index contributed by atoms with van der Waals surface area (Å²) < 4.78 is 7.83. The second-order valence-corrected chi connectivity index (χ2v) is 7.51. The molecule has 1 saturated heterocycles. The zero-order chi connectivity index (χ0) is 18.9. The quantitative estimate of drug-likeness (QED) is 0.755. The van der Waals surface area contributed by atoms with Crippen LogP contribution in [0.15, 0.2) is 54.9 Å². The Morgan fingerprint density at radius 3 is 2.96 bits per heavy atom. The predicted molar refractivity (Wildman–Crippen MR) is 104 cm³/mol. The zero-order valence-corrected chi connectivity index (χ0v) is 15.5. The van der Waals surface area contributed by atoms with Crippen molar-refractivity contribution in [3.8, 4) is 5.75 Å². The van der Waals surface area contributed by atoms with Crippen molar-refractivity contribution in [2.24, 2.45) is 11.1 Å². The van der Waals surface area contributed by atoms with Gasteiger partial charge in [0.05, 0.1) is 5.69 Å². The van der Waals surface area contributed by atoms with Crippen LogP contribution in [-0.2, 0) is 6.61 Å². The lowest BCUT2D eigenvalue weighted by atomic mass is 9.90. The Morgan fingerprint density at radius 2 is 2.19 bits per heavy atom. The minimum atomic E-state index is 0.0207. The van der Waals surface area contributed by atoms with Crippen molar-refractivity contribution in [2.75, 3.05) is 19.6 Å². The fourth-order valence-electron chi connectivity index (χ4n) is 3.48. The Balaban J connectivity index is 1.43. The van der Waals surface area contributed by atoms with Crippen LogP contribution < -0.4 is 10.5 Å². The molecule has 1 amide bonds. The second kappa shape index (κ2) is 7.04. The van der Waals surface area contributed by atoms with Crippen molar-refractivity contribution in [3.63, 3.8) is 0 Å². The molecule has 0 bridgehead atoms. The van der Waals surface area contributed by atoms with Gasteiger partial charge in [-0.05, 0) is 48.7 Å². The van der Waals surface area contributed by atoms with Gasteiger partial charge in [0.2, 0.25) is 0 Å². The molecule has 0 spiro atoms. The summed E-state index contributed by atoms with van der Waals surface area (Å²) in [5.74, 6) is 0.698. The van der Waals surface area contributed by atoms with E-state index in [0.717, 1.165) is 24.3 Å². The lowest BCUT2D eigenvalue weighted by molar-refractivity contribution is 0.0776. The van der Waals surface area contributed by atoms with Gasteiger partial charge in [-0.3, -0.25) is 4.79 Å². The molecule has 2 N–H and O–H groups in total. The largest absolute Gasteiger partial charge is 0.487 e. The Labute approximate surface area is 158 Å². The van der Waals surface area contributed by atoms with Gasteiger partial charge in [0, 0.05) is 31.0 Å². The Morgan fingerprint density at radius 1 is 1.30 bits per heavy atom. The van der Waals surface area contributed by atoms with Gasteiger partial charge >= 0.3 is 0 Å². The van der Waals surface area contributed by atoms with Gasteiger partial charge in [0.1, 0.15) is 18.0 Å². The number of hydrogen-bond donors (Lipinski definition) is 1. The molecular formula is C21H24N4O2. The van der Waals surface area contributed by atoms with Crippen LogP contribution in [0.1, 0.15) is 29.4 Å². The standard InChI is InChI=1S/C21H24N4O2/c1-21(14-22)8-10-25(15-21)20(26)16-5-4-6-18(11-16)27-13-17-12-24-9-3-2-7-19(24)23-17/h2-7,9,11-12H,8,10,13-15,22H2,1H3. The third kappa shape index (κ3) is 3.66. The van der Waals surface area contributed by atoms with E-state index in [1.807, 2.05) is 58.1 Å². The number of rotatable bonds is 5. The normalized spacial score (nSPS) is 19.6. The molecule has 1 fully saturated rings. The Hall–Kier alpha value is -2.86. The number of likely N-dealkylation sites (tertiary alicyclic amines) is 1. The molecule has 1 aliphatic heterocycles. The number of benzene rings is 1. The van der Waals surface area contributed by atoms with Crippen molar-refractivity contribution < 1.29 is 9.53 Å². The van der Waals surface area contributed by atoms with E-state index in [2.05, 4.69) is 11.9 Å². The summed E-state index contributed by atoms with van der Waals surface area (Å²) in [6.45, 7) is 4.54. The van der Waals surface area contributed by atoms with E-state index in [4.69, 9.17) is 10.5 Å². The lowest BCUT2D eigenvalue weighted by Gasteiger charge is -2.22. The number of imidazole rings is 1. The molecule has 1 aromatic carbocycles. The summed E-state index contributed by atoms with van der Waals surface area (Å²) in [4.78, 5) is 19.2. The first kappa shape index (κ1) is 17.5. The maximum absolute atomic E-state index is 12.8. The number of carbonyl (C=O) groups is 1. The molecule has 1 unspecified atom stereocenters. The molecule has 3 aromatic rings. The summed E-state index contributed by atoms with van der Waals surface area (Å²) in [7, 11) is 0. The van der Waals surface area contributed by atoms with Gasteiger partial charge in [-0.2, -0.15) is 0 Å². The summed E-state index contributed by atoms with van der Waals surface area (Å²) in [5.41, 5.74) is 8.24. The topological polar surface area (TPSA) is 72.9 Å². The van der Waals surface area contributed by atoms with Crippen LogP contribution in [0.25, 0.3) is 5.65 Å². The fourth-order valence-corrected chi connectivity index (χ4v) is 3.48. The van der Waals surface area contributed by atoms with Gasteiger partial charge in [0.25, 0.3) is 5.91 Å². The number of pyridine rings is 1. The molecule has 4 rings (SSSR count). The van der Waals surface area contributed by atoms with E-state index >= 15 is 0 Å². The van der Waals surface area contributed by atoms with E-state index in [0.29, 0.717) is 31.0 Å². The molecule has 140 valence electrons. The van der Waals surface area contributed by atoms with Gasteiger partial charge in [-0.15, -0.1) is 0 Å². The predicted octanol–water partition coefficient (Wildman–Crippen LogP) is 2.72. The van der Waals surface area contributed by atoms with Crippen LogP contribution in [0.4, 0.5) is 0 Å². The Bertz CT molecular complexity index is 934. The van der Waals surface area contributed by atoms with Crippen molar-refractivity contribution in [1.29, 1.82) is 0 Å². The maximum atomic E-state index is 12.8. The lowest BCUT2D eigenvalue weighted by Crippen LogP contribution is -2.34. The third-order valence-electron chi connectivity index (χ3n) is 5.22. The third-order valence-corrected chi connectivity index (χ3v) is 5.22. The monoisotopic (exact) mass is 364 g/mol. The van der Waals surface area contributed by atoms with Gasteiger partial charge in [-0.1, -0.05) is 19.1 Å². The van der Waals surface area contributed by atoms with Crippen molar-refractivity contribution >= 4 is 11.6 Å². The van der Waals surface area contributed by atoms with Gasteiger partial charge in [-0.25, -0.2) is 4.98 Å². The minimum Gasteiger partial charge on any atom is -0.487 e. The number of aromatic nitrogens is 2. The van der Waals surface area contributed by atoms with E-state index in [1.165, 1.54) is 0 Å². The number of carbonyl (C=O) groups excluding carboxylic acids is 1. The summed E-state index contributed by atoms with van der Waals surface area (Å²) >= 11 is 0. The molecule has 0 saturated carbocycles. The van der Waals surface area contributed by atoms with Crippen LogP contribution in [0, 0.1) is 5.41 Å². The average molecular weight is 364 g/mol. The van der Waals surface area contributed by atoms with E-state index in [-0.39, 0.29) is 11.3 Å². The molecule has 0 aliphatic carbocycles. The summed E-state index contributed by atoms with van der Waals surface area (Å²) in [6.07, 6.45) is 4.85. The van der Waals surface area contributed by atoms with Gasteiger partial charge in [0.15, 0.2) is 0 Å². The SMILES string of the molecule is CC1(CN)CCN(C(=O)c2cccc(OCc3cn4ccccc4n3)c2)C1. The van der Waals surface area contributed by atoms with Gasteiger partial charge < -0.3 is 19.8 Å². The second-order valence-electron chi connectivity index (χ2n) is 7.51. The van der Waals surface area contributed by atoms with Crippen LogP contribution >= 0.6 is 0 Å². The highest BCUT2D eigenvalue weighted by atomic mass is 16.5. The zero-order valence-electron chi connectivity index (χ0n) is 15.5. The molecule has 6 nitrogen and oxygen atoms in total. The van der Waals surface area contributed by atoms with Crippen molar-refractivity contribution in [1.82, 2.24) is 14.3 Å². The van der Waals surface area contributed by atoms with E-state index < -0.39 is 0 Å². The van der Waals surface area contributed by atoms with Crippen LogP contribution in [-0.4, -0.2) is 39.8 Å². The molecule has 1 atom stereocenters. The number of ether oxygens (including phenoxy) is 1. The van der Waals surface area contributed by atoms with Crippen LogP contribution in [0.3, 0.4) is 0 Å². The van der Waals surface area contributed by atoms with E-state index in [1.54, 1.807) is 6.07 Å². The van der Waals surface area contributed by atoms with Crippen LogP contribution in [0.5, 0.6) is 5.75 Å². The summed E-state index contributed by atoms with van der Waals surface area (Å²) in [5, 5.41) is 0. The molecular weight excluding hydrogens is 340 g/mol. The van der Waals surface area contributed by atoms with E-state index in [9.17, 15) is 4.79 Å². The fraction of sp³-hybridized carbons (Fsp3) is 0.333. The number of hydrogen-bond acceptors (Lipinski definition) is 4. The molecule has 2 aromatic heterocycles. The van der Waals surface area contributed by atoms with Crippen molar-refractivity contribution in [3.05, 3.63) is 66.1 Å². The number of nitrogens with two attached hydrogens (primary N) is 1. The molecule has 6 heteroatoms.